The molecule has 0 saturated heterocycles. The van der Waals surface area contributed by atoms with Gasteiger partial charge in [0, 0.05) is 7.05 Å². The van der Waals surface area contributed by atoms with Gasteiger partial charge in [-0.3, -0.25) is 9.59 Å². The lowest BCUT2D eigenvalue weighted by molar-refractivity contribution is -0.105. The molecule has 0 spiro atoms. The van der Waals surface area contributed by atoms with Crippen molar-refractivity contribution in [1.29, 1.82) is 0 Å². The van der Waals surface area contributed by atoms with Crippen molar-refractivity contribution in [1.82, 2.24) is 0 Å². The number of aryl methyl sites for hydroxylation is 2. The molecule has 0 heterocycles. The molecule has 176 valence electrons. The van der Waals surface area contributed by atoms with Gasteiger partial charge in [-0.25, -0.2) is 0 Å². The number of carbonyl (C=O) groups excluding carboxylic acids is 2. The summed E-state index contributed by atoms with van der Waals surface area (Å²) in [6.07, 6.45) is 0.591. The second kappa shape index (κ2) is 10.7. The zero-order valence-electron chi connectivity index (χ0n) is 20.1. The quantitative estimate of drug-likeness (QED) is 0.307. The fourth-order valence-corrected chi connectivity index (χ4v) is 4.02. The summed E-state index contributed by atoms with van der Waals surface area (Å²) in [7, 11) is 1.71. The van der Waals surface area contributed by atoms with Gasteiger partial charge in [0.2, 0.25) is 6.41 Å². The van der Waals surface area contributed by atoms with Gasteiger partial charge < -0.3 is 15.0 Å². The van der Waals surface area contributed by atoms with E-state index in [1.165, 1.54) is 0 Å². The minimum absolute atomic E-state index is 0.251. The van der Waals surface area contributed by atoms with Crippen LogP contribution in [0.5, 0.6) is 5.75 Å². The maximum Gasteiger partial charge on any atom is 0.260 e. The van der Waals surface area contributed by atoms with Gasteiger partial charge in [0.15, 0.2) is 0 Å². The third-order valence-corrected chi connectivity index (χ3v) is 5.94. The first kappa shape index (κ1) is 23.8. The van der Waals surface area contributed by atoms with Crippen molar-refractivity contribution in [2.75, 3.05) is 17.3 Å². The second-order valence-corrected chi connectivity index (χ2v) is 8.45. The number of benzene rings is 4. The van der Waals surface area contributed by atoms with Crippen LogP contribution in [-0.2, 0) is 11.4 Å². The van der Waals surface area contributed by atoms with E-state index in [0.717, 1.165) is 27.8 Å². The molecule has 0 aliphatic heterocycles. The molecule has 5 heteroatoms. The summed E-state index contributed by atoms with van der Waals surface area (Å²) in [4.78, 5) is 26.5. The van der Waals surface area contributed by atoms with Crippen LogP contribution in [-0.4, -0.2) is 19.4 Å². The molecule has 4 aromatic rings. The number of nitrogens with one attached hydrogen (secondary N) is 1. The highest BCUT2D eigenvalue weighted by atomic mass is 16.5. The second-order valence-electron chi connectivity index (χ2n) is 8.45. The fraction of sp³-hybridized carbons (Fsp3) is 0.133. The number of rotatable bonds is 8. The highest BCUT2D eigenvalue weighted by Gasteiger charge is 2.21. The van der Waals surface area contributed by atoms with E-state index in [9.17, 15) is 9.59 Å². The molecule has 0 aromatic heterocycles. The number of nitrogens with zero attached hydrogens (tertiary/aromatic N) is 1. The largest absolute Gasteiger partial charge is 0.487 e. The average molecular weight is 465 g/mol. The average Bonchev–Trinajstić information content (AvgIpc) is 2.88. The van der Waals surface area contributed by atoms with Gasteiger partial charge in [0.25, 0.3) is 5.91 Å². The first-order chi connectivity index (χ1) is 17.0. The van der Waals surface area contributed by atoms with Crippen molar-refractivity contribution in [2.45, 2.75) is 20.5 Å². The van der Waals surface area contributed by atoms with Crippen molar-refractivity contribution in [3.63, 3.8) is 0 Å². The van der Waals surface area contributed by atoms with Crippen LogP contribution in [0.4, 0.5) is 11.4 Å². The molecule has 0 bridgehead atoms. The molecule has 1 N–H and O–H groups in total. The zero-order chi connectivity index (χ0) is 24.8. The van der Waals surface area contributed by atoms with E-state index in [-0.39, 0.29) is 5.91 Å². The molecule has 4 rings (SSSR count). The zero-order valence-corrected chi connectivity index (χ0v) is 20.1. The van der Waals surface area contributed by atoms with Crippen LogP contribution in [0.1, 0.15) is 27.0 Å². The molecule has 4 aromatic carbocycles. The molecular weight excluding hydrogens is 436 g/mol. The van der Waals surface area contributed by atoms with E-state index in [0.29, 0.717) is 35.7 Å². The van der Waals surface area contributed by atoms with Crippen LogP contribution in [0.25, 0.3) is 11.1 Å². The Balaban J connectivity index is 1.65. The normalized spacial score (nSPS) is 10.5. The smallest absolute Gasteiger partial charge is 0.260 e. The summed E-state index contributed by atoms with van der Waals surface area (Å²) < 4.78 is 6.11. The molecule has 5 nitrogen and oxygen atoms in total. The van der Waals surface area contributed by atoms with E-state index < -0.39 is 0 Å². The third-order valence-electron chi connectivity index (χ3n) is 5.94. The van der Waals surface area contributed by atoms with Crippen molar-refractivity contribution in [2.24, 2.45) is 0 Å². The van der Waals surface area contributed by atoms with Gasteiger partial charge in [-0.05, 0) is 65.9 Å². The highest BCUT2D eigenvalue weighted by molar-refractivity contribution is 6.11. The topological polar surface area (TPSA) is 58.6 Å². The molecule has 0 aliphatic rings. The van der Waals surface area contributed by atoms with Crippen molar-refractivity contribution in [3.05, 3.63) is 113 Å². The Kier molecular flexibility index (Phi) is 7.27. The summed E-state index contributed by atoms with van der Waals surface area (Å²) >= 11 is 0. The minimum Gasteiger partial charge on any atom is -0.487 e. The lowest BCUT2D eigenvalue weighted by Crippen LogP contribution is -2.27. The number of hydrogen-bond acceptors (Lipinski definition) is 3. The summed E-state index contributed by atoms with van der Waals surface area (Å²) in [5.41, 5.74) is 6.65. The van der Waals surface area contributed by atoms with Gasteiger partial charge in [-0.15, -0.1) is 0 Å². The first-order valence-electron chi connectivity index (χ1n) is 11.4. The number of hydrogen-bond donors (Lipinski definition) is 1. The van der Waals surface area contributed by atoms with Crippen LogP contribution in [0.2, 0.25) is 0 Å². The highest BCUT2D eigenvalue weighted by Crippen LogP contribution is 2.33. The molecule has 0 saturated carbocycles. The van der Waals surface area contributed by atoms with E-state index in [4.69, 9.17) is 4.74 Å². The Morgan fingerprint density at radius 2 is 1.66 bits per heavy atom. The van der Waals surface area contributed by atoms with E-state index in [2.05, 4.69) is 5.32 Å². The van der Waals surface area contributed by atoms with Gasteiger partial charge in [0.05, 0.1) is 16.9 Å². The number of anilines is 2. The number of amides is 2. The lowest BCUT2D eigenvalue weighted by Gasteiger charge is -2.23. The third kappa shape index (κ3) is 5.41. The predicted octanol–water partition coefficient (Wildman–Crippen LogP) is 6.39. The molecule has 2 amide bonds. The van der Waals surface area contributed by atoms with E-state index in [1.54, 1.807) is 18.0 Å². The molecule has 0 unspecified atom stereocenters. The Labute approximate surface area is 206 Å². The van der Waals surface area contributed by atoms with Crippen molar-refractivity contribution < 1.29 is 14.3 Å². The molecule has 0 atom stereocenters. The van der Waals surface area contributed by atoms with E-state index >= 15 is 0 Å². The van der Waals surface area contributed by atoms with Crippen LogP contribution < -0.4 is 15.0 Å². The predicted molar refractivity (Wildman–Crippen MR) is 141 cm³/mol. The summed E-state index contributed by atoms with van der Waals surface area (Å²) in [5, 5.41) is 2.70. The molecule has 35 heavy (non-hydrogen) atoms. The first-order valence-corrected chi connectivity index (χ1v) is 11.4. The summed E-state index contributed by atoms with van der Waals surface area (Å²) in [6, 6.07) is 29.1. The Hall–Kier alpha value is -4.38. The van der Waals surface area contributed by atoms with Gasteiger partial charge in [0.1, 0.15) is 12.4 Å². The number of ether oxygens (including phenoxy) is 1. The molecule has 0 radical (unpaired) electrons. The maximum atomic E-state index is 13.6. The van der Waals surface area contributed by atoms with Crippen LogP contribution in [0.15, 0.2) is 91.0 Å². The lowest BCUT2D eigenvalue weighted by atomic mass is 9.98. The summed E-state index contributed by atoms with van der Waals surface area (Å²) in [5.74, 6) is 0.366. The van der Waals surface area contributed by atoms with E-state index in [1.807, 2.05) is 98.8 Å². The Bertz CT molecular complexity index is 1350. The Morgan fingerprint density at radius 1 is 0.914 bits per heavy atom. The standard InChI is InChI=1S/C30H28N2O3/c1-21-13-16-28(29(17-21)35-19-23-10-5-4-6-11-23)32(3)30(34)26-15-14-24(18-27(26)31-20-33)25-12-8-7-9-22(25)2/h4-18,20H,19H2,1-3H3,(H,31,33). The molecular formula is C30H28N2O3. The Morgan fingerprint density at radius 3 is 2.40 bits per heavy atom. The van der Waals surface area contributed by atoms with Crippen LogP contribution in [0, 0.1) is 13.8 Å². The monoisotopic (exact) mass is 464 g/mol. The van der Waals surface area contributed by atoms with Gasteiger partial charge >= 0.3 is 0 Å². The maximum absolute atomic E-state index is 13.6. The SMILES string of the molecule is Cc1ccc(N(C)C(=O)c2ccc(-c3ccccc3C)cc2NC=O)c(OCc2ccccc2)c1. The van der Waals surface area contributed by atoms with Crippen LogP contribution >= 0.6 is 0 Å². The van der Waals surface area contributed by atoms with Crippen LogP contribution in [0.3, 0.4) is 0 Å². The van der Waals surface area contributed by atoms with Gasteiger partial charge in [-0.2, -0.15) is 0 Å². The fourth-order valence-electron chi connectivity index (χ4n) is 4.02. The molecule has 0 aliphatic carbocycles. The van der Waals surface area contributed by atoms with Crippen molar-refractivity contribution >= 4 is 23.7 Å². The van der Waals surface area contributed by atoms with Gasteiger partial charge in [-0.1, -0.05) is 66.7 Å². The number of carbonyl (C=O) groups is 2. The summed E-state index contributed by atoms with van der Waals surface area (Å²) in [6.45, 7) is 4.41. The molecule has 0 fully saturated rings. The van der Waals surface area contributed by atoms with Crippen molar-refractivity contribution in [3.8, 4) is 16.9 Å². The minimum atomic E-state index is -0.251.